The number of thioether (sulfide) groups is 1. The van der Waals surface area contributed by atoms with Gasteiger partial charge < -0.3 is 9.55 Å². The Labute approximate surface area is 149 Å². The molecule has 1 aliphatic heterocycles. The zero-order valence-electron chi connectivity index (χ0n) is 14.5. The lowest BCUT2D eigenvalue weighted by atomic mass is 9.90. The van der Waals surface area contributed by atoms with Crippen LogP contribution in [0.25, 0.3) is 11.4 Å². The molecular weight excluding hydrogens is 338 g/mol. The van der Waals surface area contributed by atoms with Crippen molar-refractivity contribution >= 4 is 23.6 Å². The van der Waals surface area contributed by atoms with Crippen LogP contribution in [0.15, 0.2) is 23.7 Å². The highest BCUT2D eigenvalue weighted by Crippen LogP contribution is 2.38. The summed E-state index contributed by atoms with van der Waals surface area (Å²) in [5.41, 5.74) is 2.33. The van der Waals surface area contributed by atoms with Gasteiger partial charge >= 0.3 is 0 Å². The zero-order valence-corrected chi connectivity index (χ0v) is 15.3. The molecule has 130 valence electrons. The van der Waals surface area contributed by atoms with Crippen molar-refractivity contribution in [2.45, 2.75) is 31.0 Å². The second kappa shape index (κ2) is 5.48. The Hall–Kier alpha value is -2.55. The Morgan fingerprint density at radius 3 is 2.96 bits per heavy atom. The van der Waals surface area contributed by atoms with E-state index in [4.69, 9.17) is 0 Å². The van der Waals surface area contributed by atoms with E-state index in [2.05, 4.69) is 43.8 Å². The third-order valence-corrected chi connectivity index (χ3v) is 5.18. The van der Waals surface area contributed by atoms with Gasteiger partial charge in [0.15, 0.2) is 5.16 Å². The number of nitrogens with zero attached hydrogens (tertiary/aromatic N) is 5. The van der Waals surface area contributed by atoms with E-state index in [0.29, 0.717) is 11.5 Å². The Morgan fingerprint density at radius 2 is 2.24 bits per heavy atom. The van der Waals surface area contributed by atoms with Crippen LogP contribution in [-0.2, 0) is 19.0 Å². The summed E-state index contributed by atoms with van der Waals surface area (Å²) >= 11 is 1.47. The van der Waals surface area contributed by atoms with Gasteiger partial charge in [0.25, 0.3) is 5.91 Å². The first-order valence-electron chi connectivity index (χ1n) is 7.91. The molecule has 0 aliphatic carbocycles. The van der Waals surface area contributed by atoms with Crippen LogP contribution in [-0.4, -0.2) is 41.5 Å². The number of anilines is 1. The summed E-state index contributed by atoms with van der Waals surface area (Å²) in [6.07, 6.45) is 8.18. The molecule has 0 saturated heterocycles. The van der Waals surface area contributed by atoms with Crippen LogP contribution in [0.1, 0.15) is 29.9 Å². The van der Waals surface area contributed by atoms with Crippen LogP contribution in [0.4, 0.5) is 5.95 Å². The fraction of sp³-hybridized carbons (Fsp3) is 0.375. The van der Waals surface area contributed by atoms with E-state index in [0.717, 1.165) is 28.7 Å². The van der Waals surface area contributed by atoms with Gasteiger partial charge in [0.1, 0.15) is 5.82 Å². The maximum absolute atomic E-state index is 12.8. The predicted molar refractivity (Wildman–Crippen MR) is 95.8 cm³/mol. The number of fused-ring (bicyclic) bond motifs is 3. The molecule has 25 heavy (non-hydrogen) atoms. The van der Waals surface area contributed by atoms with Crippen LogP contribution < -0.4 is 5.32 Å². The number of rotatable bonds is 3. The van der Waals surface area contributed by atoms with E-state index < -0.39 is 0 Å². The minimum atomic E-state index is -0.245. The van der Waals surface area contributed by atoms with Gasteiger partial charge in [-0.3, -0.25) is 10.1 Å². The first kappa shape index (κ1) is 15.9. The molecule has 4 heterocycles. The van der Waals surface area contributed by atoms with E-state index in [-0.39, 0.29) is 11.4 Å². The summed E-state index contributed by atoms with van der Waals surface area (Å²) in [5.74, 6) is 0.854. The second-order valence-electron chi connectivity index (χ2n) is 6.67. The predicted octanol–water partition coefficient (Wildman–Crippen LogP) is 2.27. The summed E-state index contributed by atoms with van der Waals surface area (Å²) in [6, 6.07) is 0. The van der Waals surface area contributed by atoms with Gasteiger partial charge in [-0.2, -0.15) is 4.98 Å². The molecule has 0 unspecified atom stereocenters. The Bertz CT molecular complexity index is 965. The van der Waals surface area contributed by atoms with Crippen LogP contribution in [0.3, 0.4) is 0 Å². The number of aromatic amines is 1. The SMILES string of the molecule is CSc1nc(NC(=O)c2c[nH]c3c2-c2nccn2C(C)(C)C3)nn1C. The smallest absolute Gasteiger partial charge is 0.260 e. The van der Waals surface area contributed by atoms with Crippen molar-refractivity contribution in [3.63, 3.8) is 0 Å². The number of nitrogens with one attached hydrogen (secondary N) is 2. The molecule has 0 atom stereocenters. The number of carbonyl (C=O) groups is 1. The van der Waals surface area contributed by atoms with Crippen LogP contribution in [0.5, 0.6) is 0 Å². The number of hydrogen-bond acceptors (Lipinski definition) is 5. The average molecular weight is 357 g/mol. The van der Waals surface area contributed by atoms with E-state index in [1.165, 1.54) is 11.8 Å². The maximum Gasteiger partial charge on any atom is 0.260 e. The maximum atomic E-state index is 12.8. The Kier molecular flexibility index (Phi) is 3.50. The van der Waals surface area contributed by atoms with Crippen molar-refractivity contribution < 1.29 is 4.79 Å². The van der Waals surface area contributed by atoms with Crippen LogP contribution in [0.2, 0.25) is 0 Å². The third kappa shape index (κ3) is 2.46. The Morgan fingerprint density at radius 1 is 1.44 bits per heavy atom. The highest BCUT2D eigenvalue weighted by atomic mass is 32.2. The van der Waals surface area contributed by atoms with E-state index in [9.17, 15) is 4.79 Å². The standard InChI is InChI=1S/C16H19N7OS/c1-16(2)7-10-11(12-17-5-6-23(12)16)9(8-18-10)13(24)19-14-20-15(25-4)22(3)21-14/h5-6,8,18H,7H2,1-4H3,(H,19,21,24). The molecule has 3 aromatic rings. The summed E-state index contributed by atoms with van der Waals surface area (Å²) in [6.45, 7) is 4.31. The number of aryl methyl sites for hydroxylation is 1. The van der Waals surface area contributed by atoms with Crippen molar-refractivity contribution in [1.29, 1.82) is 0 Å². The summed E-state index contributed by atoms with van der Waals surface area (Å²) in [5, 5.41) is 7.74. The number of aromatic nitrogens is 6. The van der Waals surface area contributed by atoms with E-state index in [1.54, 1.807) is 24.1 Å². The van der Waals surface area contributed by atoms with Crippen molar-refractivity contribution in [3.05, 3.63) is 29.8 Å². The number of H-pyrrole nitrogens is 1. The summed E-state index contributed by atoms with van der Waals surface area (Å²) in [4.78, 5) is 24.8. The van der Waals surface area contributed by atoms with Crippen molar-refractivity contribution in [3.8, 4) is 11.4 Å². The molecule has 0 bridgehead atoms. The van der Waals surface area contributed by atoms with E-state index in [1.807, 2.05) is 12.5 Å². The number of amides is 1. The van der Waals surface area contributed by atoms with Gasteiger partial charge in [-0.25, -0.2) is 9.67 Å². The molecule has 0 saturated carbocycles. The molecule has 3 aromatic heterocycles. The quantitative estimate of drug-likeness (QED) is 0.702. The average Bonchev–Trinajstić information content (AvgIpc) is 3.24. The van der Waals surface area contributed by atoms with Gasteiger partial charge in [0.05, 0.1) is 11.1 Å². The van der Waals surface area contributed by atoms with Gasteiger partial charge in [-0.1, -0.05) is 11.8 Å². The molecule has 0 aromatic carbocycles. The molecule has 0 radical (unpaired) electrons. The molecule has 4 rings (SSSR count). The van der Waals surface area contributed by atoms with Crippen LogP contribution in [0, 0.1) is 0 Å². The molecule has 0 fully saturated rings. The summed E-state index contributed by atoms with van der Waals surface area (Å²) < 4.78 is 3.76. The topological polar surface area (TPSA) is 93.4 Å². The molecule has 1 amide bonds. The summed E-state index contributed by atoms with van der Waals surface area (Å²) in [7, 11) is 1.80. The largest absolute Gasteiger partial charge is 0.364 e. The minimum Gasteiger partial charge on any atom is -0.364 e. The van der Waals surface area contributed by atoms with Gasteiger partial charge in [0.2, 0.25) is 5.95 Å². The fourth-order valence-corrected chi connectivity index (χ4v) is 3.79. The number of hydrogen-bond donors (Lipinski definition) is 2. The highest BCUT2D eigenvalue weighted by Gasteiger charge is 2.34. The molecule has 1 aliphatic rings. The Balaban J connectivity index is 1.70. The first-order chi connectivity index (χ1) is 11.9. The lowest BCUT2D eigenvalue weighted by Gasteiger charge is -2.32. The number of imidazole rings is 1. The van der Waals surface area contributed by atoms with Gasteiger partial charge in [0, 0.05) is 43.3 Å². The lowest BCUT2D eigenvalue weighted by Crippen LogP contribution is -2.33. The van der Waals surface area contributed by atoms with Crippen molar-refractivity contribution in [1.82, 2.24) is 29.3 Å². The number of carbonyl (C=O) groups excluding carboxylic acids is 1. The molecular formula is C16H19N7OS. The minimum absolute atomic E-state index is 0.0901. The van der Waals surface area contributed by atoms with E-state index >= 15 is 0 Å². The third-order valence-electron chi connectivity index (χ3n) is 4.46. The van der Waals surface area contributed by atoms with Crippen molar-refractivity contribution in [2.24, 2.45) is 7.05 Å². The van der Waals surface area contributed by atoms with Crippen molar-refractivity contribution in [2.75, 3.05) is 11.6 Å². The highest BCUT2D eigenvalue weighted by molar-refractivity contribution is 7.98. The van der Waals surface area contributed by atoms with Crippen LogP contribution >= 0.6 is 11.8 Å². The lowest BCUT2D eigenvalue weighted by molar-refractivity contribution is 0.102. The zero-order chi connectivity index (χ0) is 17.8. The fourth-order valence-electron chi connectivity index (χ4n) is 3.30. The molecule has 9 heteroatoms. The van der Waals surface area contributed by atoms with Gasteiger partial charge in [-0.05, 0) is 20.1 Å². The monoisotopic (exact) mass is 357 g/mol. The molecule has 8 nitrogen and oxygen atoms in total. The second-order valence-corrected chi connectivity index (χ2v) is 7.44. The normalized spacial score (nSPS) is 14.9. The molecule has 2 N–H and O–H groups in total. The molecule has 0 spiro atoms. The van der Waals surface area contributed by atoms with Gasteiger partial charge in [-0.15, -0.1) is 5.10 Å². The first-order valence-corrected chi connectivity index (χ1v) is 9.14.